The Morgan fingerprint density at radius 2 is 2.09 bits per heavy atom. The Balaban J connectivity index is 1.95. The van der Waals surface area contributed by atoms with E-state index < -0.39 is 4.65 Å². The lowest BCUT2D eigenvalue weighted by Crippen LogP contribution is -2.41. The number of ether oxygens (including phenoxy) is 1. The number of hydrogen-bond acceptors (Lipinski definition) is 3. The quantitative estimate of drug-likeness (QED) is 0.452. The lowest BCUT2D eigenvalue weighted by Gasteiger charge is -2.35. The Hall–Kier alpha value is -2.21. The van der Waals surface area contributed by atoms with Crippen LogP contribution in [0, 0.1) is 10.1 Å². The Kier molecular flexibility index (Phi) is 2.69. The predicted molar refractivity (Wildman–Crippen MR) is 84.6 cm³/mol. The maximum absolute atomic E-state index is 13.4. The first-order valence-corrected chi connectivity index (χ1v) is 7.16. The van der Waals surface area contributed by atoms with Crippen LogP contribution in [0.3, 0.4) is 0 Å². The molecule has 6 heteroatoms. The molecule has 4 rings (SSSR count). The van der Waals surface area contributed by atoms with E-state index in [4.69, 9.17) is 16.3 Å². The lowest BCUT2D eigenvalue weighted by molar-refractivity contribution is -0.410. The van der Waals surface area contributed by atoms with Crippen molar-refractivity contribution in [3.8, 4) is 5.75 Å². The number of hydroxylamine groups is 2. The van der Waals surface area contributed by atoms with Crippen LogP contribution >= 0.6 is 11.6 Å². The second-order valence-corrected chi connectivity index (χ2v) is 5.83. The highest BCUT2D eigenvalue weighted by Gasteiger charge is 2.54. The van der Waals surface area contributed by atoms with Gasteiger partial charge >= 0.3 is 11.5 Å². The number of methoxy groups -OCH3 is 1. The summed E-state index contributed by atoms with van der Waals surface area (Å²) in [6, 6.07) is 10.3. The number of hydrogen-bond donors (Lipinski definition) is 0. The van der Waals surface area contributed by atoms with Gasteiger partial charge in [-0.05, 0) is 23.8 Å². The molecule has 0 N–H and O–H groups in total. The van der Waals surface area contributed by atoms with E-state index in [1.165, 1.54) is 7.11 Å². The SMILES string of the molecule is COc1ccc2c(c1)[N+]1([O-])Cc3ccc(Cl)cc3C=C1[N+]2=O. The van der Waals surface area contributed by atoms with Crippen LogP contribution in [-0.2, 0) is 6.54 Å². The molecule has 5 nitrogen and oxygen atoms in total. The van der Waals surface area contributed by atoms with Crippen molar-refractivity contribution >= 4 is 29.1 Å². The van der Waals surface area contributed by atoms with Gasteiger partial charge in [0.15, 0.2) is 0 Å². The van der Waals surface area contributed by atoms with Crippen LogP contribution in [0.15, 0.2) is 42.2 Å². The maximum Gasteiger partial charge on any atom is 0.429 e. The summed E-state index contributed by atoms with van der Waals surface area (Å²) in [5.74, 6) is 0.710. The Labute approximate surface area is 131 Å². The minimum absolute atomic E-state index is 0.151. The van der Waals surface area contributed by atoms with Crippen molar-refractivity contribution in [2.24, 2.45) is 0 Å². The molecule has 1 atom stereocenters. The number of fused-ring (bicyclic) bond motifs is 4. The molecule has 0 bridgehead atoms. The summed E-state index contributed by atoms with van der Waals surface area (Å²) < 4.78 is 5.08. The number of benzene rings is 2. The molecule has 2 heterocycles. The number of nitrogens with zero attached hydrogens (tertiary/aromatic N) is 2. The zero-order valence-electron chi connectivity index (χ0n) is 11.7. The molecule has 0 spiro atoms. The Morgan fingerprint density at radius 3 is 2.86 bits per heavy atom. The summed E-state index contributed by atoms with van der Waals surface area (Å²) in [6.45, 7) is 0.164. The van der Waals surface area contributed by atoms with Crippen LogP contribution in [0.5, 0.6) is 5.75 Å². The minimum Gasteiger partial charge on any atom is -0.617 e. The van der Waals surface area contributed by atoms with E-state index in [1.807, 2.05) is 6.07 Å². The largest absolute Gasteiger partial charge is 0.617 e. The van der Waals surface area contributed by atoms with Gasteiger partial charge < -0.3 is 9.94 Å². The molecule has 22 heavy (non-hydrogen) atoms. The van der Waals surface area contributed by atoms with E-state index in [1.54, 1.807) is 36.4 Å². The molecular formula is C16H12ClN2O3+. The van der Waals surface area contributed by atoms with E-state index in [9.17, 15) is 10.1 Å². The van der Waals surface area contributed by atoms with Gasteiger partial charge in [-0.25, -0.2) is 4.65 Å². The van der Waals surface area contributed by atoms with Crippen molar-refractivity contribution in [2.45, 2.75) is 6.54 Å². The van der Waals surface area contributed by atoms with Gasteiger partial charge in [0.1, 0.15) is 17.1 Å². The molecule has 2 aliphatic rings. The second-order valence-electron chi connectivity index (χ2n) is 5.39. The zero-order valence-corrected chi connectivity index (χ0v) is 12.5. The van der Waals surface area contributed by atoms with Gasteiger partial charge in [0.05, 0.1) is 13.2 Å². The molecular weight excluding hydrogens is 304 g/mol. The van der Waals surface area contributed by atoms with Crippen LogP contribution in [0.2, 0.25) is 5.02 Å². The highest BCUT2D eigenvalue weighted by Crippen LogP contribution is 2.50. The van der Waals surface area contributed by atoms with E-state index in [-0.39, 0.29) is 12.4 Å². The fraction of sp³-hybridized carbons (Fsp3) is 0.125. The summed E-state index contributed by atoms with van der Waals surface area (Å²) in [4.78, 5) is 12.5. The first kappa shape index (κ1) is 13.5. The maximum atomic E-state index is 13.4. The summed E-state index contributed by atoms with van der Waals surface area (Å²) in [6.07, 6.45) is 1.62. The normalized spacial score (nSPS) is 21.8. The minimum atomic E-state index is -0.801. The fourth-order valence-corrected chi connectivity index (χ4v) is 3.22. The molecule has 0 fully saturated rings. The molecule has 110 valence electrons. The summed E-state index contributed by atoms with van der Waals surface area (Å²) in [5, 5.41) is 14.0. The third kappa shape index (κ3) is 1.67. The predicted octanol–water partition coefficient (Wildman–Crippen LogP) is 4.09. The molecule has 2 aromatic carbocycles. The smallest absolute Gasteiger partial charge is 0.429 e. The van der Waals surface area contributed by atoms with Crippen molar-refractivity contribution < 1.29 is 9.50 Å². The lowest BCUT2D eigenvalue weighted by atomic mass is 10.0. The Bertz CT molecular complexity index is 862. The van der Waals surface area contributed by atoms with Gasteiger partial charge in [0, 0.05) is 27.6 Å². The standard InChI is InChI=1S/C16H12ClN2O3/c1-22-13-4-5-14-15(8-13)19(21)9-10-2-3-12(17)6-11(10)7-16(19)18(14)20/h2-8H,9H2,1H3/q+1. The summed E-state index contributed by atoms with van der Waals surface area (Å²) in [7, 11) is 1.53. The molecule has 0 aromatic heterocycles. The molecule has 0 amide bonds. The Morgan fingerprint density at radius 1 is 1.27 bits per heavy atom. The third-order valence-electron chi connectivity index (χ3n) is 4.15. The van der Waals surface area contributed by atoms with Gasteiger partial charge in [0.2, 0.25) is 5.69 Å². The molecule has 1 unspecified atom stereocenters. The van der Waals surface area contributed by atoms with Crippen LogP contribution in [-0.4, -0.2) is 11.9 Å². The van der Waals surface area contributed by atoms with Gasteiger partial charge in [0.25, 0.3) is 0 Å². The average Bonchev–Trinajstić information content (AvgIpc) is 2.73. The molecule has 2 aliphatic heterocycles. The number of nitroso groups, excluding NO2 is 1. The van der Waals surface area contributed by atoms with Crippen LogP contribution in [0.25, 0.3) is 6.08 Å². The molecule has 2 aromatic rings. The van der Waals surface area contributed by atoms with Crippen molar-refractivity contribution in [3.05, 3.63) is 68.5 Å². The van der Waals surface area contributed by atoms with E-state index in [2.05, 4.69) is 0 Å². The fourth-order valence-electron chi connectivity index (χ4n) is 3.04. The molecule has 0 aliphatic carbocycles. The van der Waals surface area contributed by atoms with Crippen LogP contribution in [0.4, 0.5) is 11.4 Å². The van der Waals surface area contributed by atoms with Gasteiger partial charge in [-0.15, -0.1) is 0 Å². The van der Waals surface area contributed by atoms with Crippen LogP contribution in [0.1, 0.15) is 11.1 Å². The number of halogens is 1. The zero-order chi connectivity index (χ0) is 15.5. The van der Waals surface area contributed by atoms with Gasteiger partial charge in [-0.3, -0.25) is 0 Å². The van der Waals surface area contributed by atoms with E-state index in [0.717, 1.165) is 11.1 Å². The van der Waals surface area contributed by atoms with Crippen molar-refractivity contribution in [1.29, 1.82) is 0 Å². The third-order valence-corrected chi connectivity index (χ3v) is 4.39. The molecule has 0 saturated carbocycles. The van der Waals surface area contributed by atoms with E-state index >= 15 is 0 Å². The monoisotopic (exact) mass is 315 g/mol. The number of rotatable bonds is 1. The van der Waals surface area contributed by atoms with Crippen molar-refractivity contribution in [2.75, 3.05) is 7.11 Å². The summed E-state index contributed by atoms with van der Waals surface area (Å²) >= 11 is 6.00. The second kappa shape index (κ2) is 4.39. The van der Waals surface area contributed by atoms with Crippen molar-refractivity contribution in [3.63, 3.8) is 0 Å². The molecule has 0 saturated heterocycles. The average molecular weight is 316 g/mol. The number of quaternary nitrogens is 1. The summed E-state index contributed by atoms with van der Waals surface area (Å²) in [5.41, 5.74) is 2.45. The first-order valence-electron chi connectivity index (χ1n) is 6.78. The van der Waals surface area contributed by atoms with E-state index in [0.29, 0.717) is 26.9 Å². The van der Waals surface area contributed by atoms with Crippen molar-refractivity contribution in [1.82, 2.24) is 4.65 Å². The van der Waals surface area contributed by atoms with Crippen LogP contribution < -0.4 is 9.38 Å². The topological polar surface area (TPSA) is 52.4 Å². The first-order chi connectivity index (χ1) is 10.5. The highest BCUT2D eigenvalue weighted by molar-refractivity contribution is 6.30. The van der Waals surface area contributed by atoms with Gasteiger partial charge in [-0.1, -0.05) is 17.7 Å². The van der Waals surface area contributed by atoms with Gasteiger partial charge in [-0.2, -0.15) is 0 Å². The molecule has 0 radical (unpaired) electrons. The highest BCUT2D eigenvalue weighted by atomic mass is 35.5.